The number of rotatable bonds is 4. The van der Waals surface area contributed by atoms with E-state index in [1.807, 2.05) is 0 Å². The van der Waals surface area contributed by atoms with Crippen molar-refractivity contribution in [1.82, 2.24) is 4.98 Å². The molecule has 18 heavy (non-hydrogen) atoms. The maximum Gasteiger partial charge on any atom is 0.303 e. The quantitative estimate of drug-likeness (QED) is 0.659. The molecule has 2 rings (SSSR count). The molecule has 0 amide bonds. The molecule has 0 aliphatic heterocycles. The molecule has 0 fully saturated rings. The van der Waals surface area contributed by atoms with Gasteiger partial charge >= 0.3 is 5.97 Å². The molecule has 0 spiro atoms. The largest absolute Gasteiger partial charge is 0.481 e. The number of carbonyl (C=O) groups is 1. The topological polar surface area (TPSA) is 93.3 Å². The van der Waals surface area contributed by atoms with Crippen molar-refractivity contribution in [3.05, 3.63) is 46.1 Å². The van der Waals surface area contributed by atoms with Crippen molar-refractivity contribution >= 4 is 22.6 Å². The third kappa shape index (κ3) is 2.42. The summed E-state index contributed by atoms with van der Waals surface area (Å²) in [6.07, 6.45) is 0.219. The third-order valence-corrected chi connectivity index (χ3v) is 2.55. The second-order valence-electron chi connectivity index (χ2n) is 3.80. The van der Waals surface area contributed by atoms with E-state index in [0.29, 0.717) is 16.6 Å². The first-order valence-corrected chi connectivity index (χ1v) is 5.33. The predicted octanol–water partition coefficient (Wildman–Crippen LogP) is 2.16. The first kappa shape index (κ1) is 12.0. The zero-order valence-corrected chi connectivity index (χ0v) is 9.37. The maximum absolute atomic E-state index is 10.9. The van der Waals surface area contributed by atoms with Crippen LogP contribution < -0.4 is 0 Å². The summed E-state index contributed by atoms with van der Waals surface area (Å²) in [5, 5.41) is 20.1. The molecule has 2 aromatic rings. The van der Waals surface area contributed by atoms with E-state index in [1.54, 1.807) is 24.3 Å². The van der Waals surface area contributed by atoms with Crippen LogP contribution in [0, 0.1) is 10.1 Å². The van der Waals surface area contributed by atoms with Crippen LogP contribution in [0.2, 0.25) is 0 Å². The molecule has 0 saturated carbocycles. The Kier molecular flexibility index (Phi) is 3.18. The number of para-hydroxylation sites is 1. The lowest BCUT2D eigenvalue weighted by molar-refractivity contribution is -0.383. The van der Waals surface area contributed by atoms with Crippen LogP contribution in [0.5, 0.6) is 0 Å². The van der Waals surface area contributed by atoms with Gasteiger partial charge in [0.2, 0.25) is 0 Å². The van der Waals surface area contributed by atoms with Crippen LogP contribution in [0.25, 0.3) is 10.9 Å². The number of pyridine rings is 1. The van der Waals surface area contributed by atoms with Gasteiger partial charge in [-0.1, -0.05) is 18.2 Å². The van der Waals surface area contributed by atoms with Crippen molar-refractivity contribution in [2.75, 3.05) is 0 Å². The molecule has 0 aliphatic rings. The molecule has 1 aromatic heterocycles. The van der Waals surface area contributed by atoms with Gasteiger partial charge in [-0.2, -0.15) is 0 Å². The van der Waals surface area contributed by atoms with Crippen LogP contribution in [-0.4, -0.2) is 21.0 Å². The minimum atomic E-state index is -0.917. The molecular formula is C12H10N2O4. The van der Waals surface area contributed by atoms with E-state index in [0.717, 1.165) is 0 Å². The summed E-state index contributed by atoms with van der Waals surface area (Å²) in [5.74, 6) is -0.917. The molecule has 0 aliphatic carbocycles. The zero-order chi connectivity index (χ0) is 13.1. The van der Waals surface area contributed by atoms with Crippen molar-refractivity contribution in [3.63, 3.8) is 0 Å². The zero-order valence-electron chi connectivity index (χ0n) is 9.37. The summed E-state index contributed by atoms with van der Waals surface area (Å²) in [6.45, 7) is 0. The Morgan fingerprint density at radius 3 is 2.78 bits per heavy atom. The van der Waals surface area contributed by atoms with Gasteiger partial charge in [0.25, 0.3) is 5.69 Å². The molecular weight excluding hydrogens is 236 g/mol. The Bertz CT molecular complexity index is 625. The van der Waals surface area contributed by atoms with E-state index in [2.05, 4.69) is 4.98 Å². The molecule has 0 radical (unpaired) electrons. The van der Waals surface area contributed by atoms with Gasteiger partial charge in [0.15, 0.2) is 0 Å². The number of non-ortho nitro benzene ring substituents is 1. The SMILES string of the molecule is O=C(O)CCc1ccc2cccc([N+](=O)[O-])c2n1. The number of fused-ring (bicyclic) bond motifs is 1. The Morgan fingerprint density at radius 2 is 2.11 bits per heavy atom. The fourth-order valence-electron chi connectivity index (χ4n) is 1.69. The fraction of sp³-hybridized carbons (Fsp3) is 0.167. The monoisotopic (exact) mass is 246 g/mol. The van der Waals surface area contributed by atoms with E-state index in [9.17, 15) is 14.9 Å². The molecule has 1 N–H and O–H groups in total. The average molecular weight is 246 g/mol. The van der Waals surface area contributed by atoms with Gasteiger partial charge in [0.1, 0.15) is 5.52 Å². The number of aliphatic carboxylic acids is 1. The minimum Gasteiger partial charge on any atom is -0.481 e. The molecule has 0 bridgehead atoms. The lowest BCUT2D eigenvalue weighted by atomic mass is 10.1. The summed E-state index contributed by atoms with van der Waals surface area (Å²) in [5.41, 5.74) is 0.772. The molecule has 6 nitrogen and oxygen atoms in total. The van der Waals surface area contributed by atoms with Crippen LogP contribution in [0.15, 0.2) is 30.3 Å². The number of hydrogen-bond donors (Lipinski definition) is 1. The summed E-state index contributed by atoms with van der Waals surface area (Å²) in [6, 6.07) is 8.12. The van der Waals surface area contributed by atoms with Gasteiger partial charge in [-0.3, -0.25) is 14.9 Å². The normalized spacial score (nSPS) is 10.4. The highest BCUT2D eigenvalue weighted by Gasteiger charge is 2.13. The van der Waals surface area contributed by atoms with E-state index < -0.39 is 10.9 Å². The molecule has 6 heteroatoms. The van der Waals surface area contributed by atoms with Crippen molar-refractivity contribution in [2.45, 2.75) is 12.8 Å². The van der Waals surface area contributed by atoms with E-state index in [-0.39, 0.29) is 18.5 Å². The highest BCUT2D eigenvalue weighted by molar-refractivity contribution is 5.87. The number of nitrogens with zero attached hydrogens (tertiary/aromatic N) is 2. The lowest BCUT2D eigenvalue weighted by Gasteiger charge is -2.02. The first-order chi connectivity index (χ1) is 8.58. The fourth-order valence-corrected chi connectivity index (χ4v) is 1.69. The van der Waals surface area contributed by atoms with Gasteiger partial charge in [-0.15, -0.1) is 0 Å². The van der Waals surface area contributed by atoms with Gasteiger partial charge in [-0.25, -0.2) is 4.98 Å². The Hall–Kier alpha value is -2.50. The molecule has 0 unspecified atom stereocenters. The molecule has 92 valence electrons. The standard InChI is InChI=1S/C12H10N2O4/c15-11(16)7-6-9-5-4-8-2-1-3-10(14(17)18)12(8)13-9/h1-5H,6-7H2,(H,15,16). The minimum absolute atomic E-state index is 0.0425. The summed E-state index contributed by atoms with van der Waals surface area (Å²) < 4.78 is 0. The molecule has 0 atom stereocenters. The smallest absolute Gasteiger partial charge is 0.303 e. The van der Waals surface area contributed by atoms with Crippen LogP contribution in [0.4, 0.5) is 5.69 Å². The van der Waals surface area contributed by atoms with E-state index >= 15 is 0 Å². The second-order valence-corrected chi connectivity index (χ2v) is 3.80. The van der Waals surface area contributed by atoms with Crippen LogP contribution >= 0.6 is 0 Å². The van der Waals surface area contributed by atoms with Crippen LogP contribution in [-0.2, 0) is 11.2 Å². The Morgan fingerprint density at radius 1 is 1.33 bits per heavy atom. The number of nitro groups is 1. The van der Waals surface area contributed by atoms with Crippen molar-refractivity contribution in [3.8, 4) is 0 Å². The number of carboxylic acid groups (broad SMARTS) is 1. The van der Waals surface area contributed by atoms with E-state index in [4.69, 9.17) is 5.11 Å². The van der Waals surface area contributed by atoms with Gasteiger partial charge in [-0.05, 0) is 6.07 Å². The molecule has 1 heterocycles. The van der Waals surface area contributed by atoms with Gasteiger partial charge in [0.05, 0.1) is 11.3 Å². The average Bonchev–Trinajstić information content (AvgIpc) is 2.35. The highest BCUT2D eigenvalue weighted by atomic mass is 16.6. The van der Waals surface area contributed by atoms with Crippen molar-refractivity contribution in [1.29, 1.82) is 0 Å². The number of carboxylic acids is 1. The first-order valence-electron chi connectivity index (χ1n) is 5.33. The third-order valence-electron chi connectivity index (χ3n) is 2.55. The van der Waals surface area contributed by atoms with Gasteiger partial charge in [0, 0.05) is 23.6 Å². The van der Waals surface area contributed by atoms with Crippen molar-refractivity contribution < 1.29 is 14.8 Å². The number of nitro benzene ring substituents is 1. The van der Waals surface area contributed by atoms with Crippen LogP contribution in [0.1, 0.15) is 12.1 Å². The summed E-state index contributed by atoms with van der Waals surface area (Å²) in [7, 11) is 0. The summed E-state index contributed by atoms with van der Waals surface area (Å²) in [4.78, 5) is 25.0. The number of hydrogen-bond acceptors (Lipinski definition) is 4. The predicted molar refractivity (Wildman–Crippen MR) is 64.4 cm³/mol. The summed E-state index contributed by atoms with van der Waals surface area (Å²) >= 11 is 0. The molecule has 0 saturated heterocycles. The Balaban J connectivity index is 2.45. The van der Waals surface area contributed by atoms with E-state index in [1.165, 1.54) is 6.07 Å². The number of aromatic nitrogens is 1. The second kappa shape index (κ2) is 4.79. The lowest BCUT2D eigenvalue weighted by Crippen LogP contribution is -2.00. The number of aryl methyl sites for hydroxylation is 1. The van der Waals surface area contributed by atoms with Crippen LogP contribution in [0.3, 0.4) is 0 Å². The number of benzene rings is 1. The highest BCUT2D eigenvalue weighted by Crippen LogP contribution is 2.23. The molecule has 1 aromatic carbocycles. The van der Waals surface area contributed by atoms with Gasteiger partial charge < -0.3 is 5.11 Å². The Labute approximate surface area is 102 Å². The van der Waals surface area contributed by atoms with Crippen molar-refractivity contribution in [2.24, 2.45) is 0 Å². The maximum atomic E-state index is 10.9.